The molecule has 0 radical (unpaired) electrons. The molecule has 0 bridgehead atoms. The Morgan fingerprint density at radius 3 is 2.28 bits per heavy atom. The molecule has 0 unspecified atom stereocenters. The van der Waals surface area contributed by atoms with Gasteiger partial charge in [0.2, 0.25) is 0 Å². The summed E-state index contributed by atoms with van der Waals surface area (Å²) in [7, 11) is -3.69. The number of carbonyl (C=O) groups excluding carboxylic acids is 1. The van der Waals surface area contributed by atoms with Crippen molar-refractivity contribution in [2.45, 2.75) is 5.03 Å². The quantitative estimate of drug-likeness (QED) is 0.557. The minimum atomic E-state index is -3.69. The van der Waals surface area contributed by atoms with Crippen LogP contribution in [0.5, 0.6) is 0 Å². The van der Waals surface area contributed by atoms with Gasteiger partial charge in [-0.05, 0) is 24.3 Å². The number of thiazole rings is 1. The number of amides is 1. The number of nitrogens with zero attached hydrogens (tertiary/aromatic N) is 3. The maximum absolute atomic E-state index is 13.0. The first kappa shape index (κ1) is 20.2. The van der Waals surface area contributed by atoms with Crippen molar-refractivity contribution in [2.24, 2.45) is 0 Å². The molecule has 0 atom stereocenters. The molecular formula is C20H18BrN3O3S2. The third kappa shape index (κ3) is 4.28. The SMILES string of the molecule is O=C(c1ccccc1)N1CCN(S(=O)(=O)c2csc(-c3ccc(Br)cc3)n2)CC1. The second kappa shape index (κ2) is 8.35. The molecule has 2 aromatic carbocycles. The van der Waals surface area contributed by atoms with Gasteiger partial charge in [-0.1, -0.05) is 46.3 Å². The molecule has 1 fully saturated rings. The highest BCUT2D eigenvalue weighted by Gasteiger charge is 2.32. The number of rotatable bonds is 4. The summed E-state index contributed by atoms with van der Waals surface area (Å²) in [5.74, 6) is -0.0752. The van der Waals surface area contributed by atoms with Crippen LogP contribution in [0.2, 0.25) is 0 Å². The van der Waals surface area contributed by atoms with E-state index in [1.54, 1.807) is 22.4 Å². The first-order valence-corrected chi connectivity index (χ1v) is 12.1. The summed E-state index contributed by atoms with van der Waals surface area (Å²) in [4.78, 5) is 18.6. The van der Waals surface area contributed by atoms with Gasteiger partial charge in [0, 0.05) is 47.2 Å². The fourth-order valence-corrected chi connectivity index (χ4v) is 5.89. The lowest BCUT2D eigenvalue weighted by atomic mass is 10.2. The van der Waals surface area contributed by atoms with Gasteiger partial charge >= 0.3 is 0 Å². The van der Waals surface area contributed by atoms with E-state index in [-0.39, 0.29) is 24.0 Å². The molecular weight excluding hydrogens is 474 g/mol. The van der Waals surface area contributed by atoms with E-state index in [0.29, 0.717) is 23.7 Å². The van der Waals surface area contributed by atoms with E-state index in [9.17, 15) is 13.2 Å². The van der Waals surface area contributed by atoms with Gasteiger partial charge in [-0.3, -0.25) is 4.79 Å². The molecule has 1 saturated heterocycles. The van der Waals surface area contributed by atoms with Crippen LogP contribution in [0.1, 0.15) is 10.4 Å². The maximum atomic E-state index is 13.0. The molecule has 1 amide bonds. The van der Waals surface area contributed by atoms with E-state index < -0.39 is 10.0 Å². The van der Waals surface area contributed by atoms with Crippen molar-refractivity contribution < 1.29 is 13.2 Å². The van der Waals surface area contributed by atoms with Gasteiger partial charge in [0.15, 0.2) is 5.03 Å². The van der Waals surface area contributed by atoms with Gasteiger partial charge in [0.25, 0.3) is 15.9 Å². The van der Waals surface area contributed by atoms with Crippen LogP contribution in [0.4, 0.5) is 0 Å². The Hall–Kier alpha value is -2.07. The number of aromatic nitrogens is 1. The van der Waals surface area contributed by atoms with Crippen LogP contribution >= 0.6 is 27.3 Å². The van der Waals surface area contributed by atoms with E-state index in [1.807, 2.05) is 42.5 Å². The standard InChI is InChI=1S/C20H18BrN3O3S2/c21-17-8-6-15(7-9-17)19-22-18(14-28-19)29(26,27)24-12-10-23(11-13-24)20(25)16-4-2-1-3-5-16/h1-9,14H,10-13H2. The third-order valence-electron chi connectivity index (χ3n) is 4.73. The molecule has 1 aliphatic heterocycles. The van der Waals surface area contributed by atoms with Gasteiger partial charge in [-0.2, -0.15) is 4.31 Å². The Morgan fingerprint density at radius 2 is 1.62 bits per heavy atom. The van der Waals surface area contributed by atoms with Crippen molar-refractivity contribution in [3.8, 4) is 10.6 Å². The zero-order valence-electron chi connectivity index (χ0n) is 15.4. The summed E-state index contributed by atoms with van der Waals surface area (Å²) >= 11 is 4.69. The van der Waals surface area contributed by atoms with E-state index in [1.165, 1.54) is 15.6 Å². The van der Waals surface area contributed by atoms with E-state index in [4.69, 9.17) is 0 Å². The lowest BCUT2D eigenvalue weighted by molar-refractivity contribution is 0.0698. The van der Waals surface area contributed by atoms with Crippen molar-refractivity contribution in [1.82, 2.24) is 14.2 Å². The third-order valence-corrected chi connectivity index (χ3v) is 8.08. The number of sulfonamides is 1. The topological polar surface area (TPSA) is 70.6 Å². The summed E-state index contributed by atoms with van der Waals surface area (Å²) in [6.07, 6.45) is 0. The van der Waals surface area contributed by atoms with Crippen molar-refractivity contribution in [1.29, 1.82) is 0 Å². The zero-order chi connectivity index (χ0) is 20.4. The maximum Gasteiger partial charge on any atom is 0.261 e. The average molecular weight is 492 g/mol. The summed E-state index contributed by atoms with van der Waals surface area (Å²) in [5.41, 5.74) is 1.49. The Labute approximate surface area is 182 Å². The molecule has 9 heteroatoms. The highest BCUT2D eigenvalue weighted by Crippen LogP contribution is 2.28. The number of piperazine rings is 1. The molecule has 150 valence electrons. The van der Waals surface area contributed by atoms with Crippen LogP contribution in [0.25, 0.3) is 10.6 Å². The zero-order valence-corrected chi connectivity index (χ0v) is 18.6. The Bertz CT molecular complexity index is 1110. The monoisotopic (exact) mass is 491 g/mol. The molecule has 1 aliphatic rings. The smallest absolute Gasteiger partial charge is 0.261 e. The number of hydrogen-bond donors (Lipinski definition) is 0. The van der Waals surface area contributed by atoms with Gasteiger partial charge in [-0.25, -0.2) is 13.4 Å². The van der Waals surface area contributed by atoms with Crippen molar-refractivity contribution in [2.75, 3.05) is 26.2 Å². The minimum absolute atomic E-state index is 0.0586. The first-order chi connectivity index (χ1) is 13.9. The van der Waals surface area contributed by atoms with Crippen LogP contribution < -0.4 is 0 Å². The lowest BCUT2D eigenvalue weighted by Gasteiger charge is -2.33. The molecule has 29 heavy (non-hydrogen) atoms. The van der Waals surface area contributed by atoms with Gasteiger partial charge in [0.05, 0.1) is 0 Å². The number of halogens is 1. The predicted octanol–water partition coefficient (Wildman–Crippen LogP) is 3.72. The number of hydrogen-bond acceptors (Lipinski definition) is 5. The second-order valence-corrected chi connectivity index (χ2v) is 10.2. The predicted molar refractivity (Wildman–Crippen MR) is 116 cm³/mol. The van der Waals surface area contributed by atoms with Crippen LogP contribution in [0.3, 0.4) is 0 Å². The minimum Gasteiger partial charge on any atom is -0.336 e. The first-order valence-electron chi connectivity index (χ1n) is 9.01. The summed E-state index contributed by atoms with van der Waals surface area (Å²) in [6, 6.07) is 16.6. The largest absolute Gasteiger partial charge is 0.336 e. The molecule has 0 aliphatic carbocycles. The van der Waals surface area contributed by atoms with Gasteiger partial charge in [0.1, 0.15) is 5.01 Å². The molecule has 1 aromatic heterocycles. The van der Waals surface area contributed by atoms with Gasteiger partial charge < -0.3 is 4.90 Å². The normalized spacial score (nSPS) is 15.4. The van der Waals surface area contributed by atoms with Crippen LogP contribution in [0.15, 0.2) is 69.5 Å². The summed E-state index contributed by atoms with van der Waals surface area (Å²) in [6.45, 7) is 1.23. The highest BCUT2D eigenvalue weighted by molar-refractivity contribution is 9.10. The van der Waals surface area contributed by atoms with Gasteiger partial charge in [-0.15, -0.1) is 11.3 Å². The van der Waals surface area contributed by atoms with E-state index in [0.717, 1.165) is 10.0 Å². The highest BCUT2D eigenvalue weighted by atomic mass is 79.9. The summed E-state index contributed by atoms with van der Waals surface area (Å²) < 4.78 is 28.3. The number of benzene rings is 2. The molecule has 0 spiro atoms. The molecule has 0 N–H and O–H groups in total. The average Bonchev–Trinajstić information content (AvgIpc) is 3.26. The van der Waals surface area contributed by atoms with Crippen LogP contribution in [0, 0.1) is 0 Å². The van der Waals surface area contributed by atoms with Crippen molar-refractivity contribution in [3.05, 3.63) is 70.0 Å². The second-order valence-electron chi connectivity index (χ2n) is 6.56. The Balaban J connectivity index is 1.45. The molecule has 3 aromatic rings. The fourth-order valence-electron chi connectivity index (χ4n) is 3.13. The van der Waals surface area contributed by atoms with E-state index >= 15 is 0 Å². The number of carbonyl (C=O) groups is 1. The van der Waals surface area contributed by atoms with Crippen molar-refractivity contribution >= 4 is 43.2 Å². The molecule has 4 rings (SSSR count). The van der Waals surface area contributed by atoms with E-state index in [2.05, 4.69) is 20.9 Å². The molecule has 2 heterocycles. The summed E-state index contributed by atoms with van der Waals surface area (Å²) in [5, 5.41) is 2.30. The Kier molecular flexibility index (Phi) is 5.82. The van der Waals surface area contributed by atoms with Crippen molar-refractivity contribution in [3.63, 3.8) is 0 Å². The Morgan fingerprint density at radius 1 is 0.966 bits per heavy atom. The van der Waals surface area contributed by atoms with Crippen LogP contribution in [-0.2, 0) is 10.0 Å². The molecule has 0 saturated carbocycles. The molecule has 6 nitrogen and oxygen atoms in total. The van der Waals surface area contributed by atoms with Crippen LogP contribution in [-0.4, -0.2) is 54.7 Å². The fraction of sp³-hybridized carbons (Fsp3) is 0.200. The lowest BCUT2D eigenvalue weighted by Crippen LogP contribution is -2.50.